The molecule has 0 bridgehead atoms. The summed E-state index contributed by atoms with van der Waals surface area (Å²) in [5.41, 5.74) is 1.24. The van der Waals surface area contributed by atoms with E-state index in [0.29, 0.717) is 11.7 Å². The normalized spacial score (nSPS) is 28.5. The van der Waals surface area contributed by atoms with Gasteiger partial charge in [-0.2, -0.15) is 0 Å². The lowest BCUT2D eigenvalue weighted by atomic mass is 9.63. The summed E-state index contributed by atoms with van der Waals surface area (Å²) in [7, 11) is 0. The molecule has 2 aliphatic heterocycles. The first-order valence-electron chi connectivity index (χ1n) is 7.98. The highest BCUT2D eigenvalue weighted by molar-refractivity contribution is 5.42. The summed E-state index contributed by atoms with van der Waals surface area (Å²) in [4.78, 5) is 0. The van der Waals surface area contributed by atoms with Crippen LogP contribution in [0.3, 0.4) is 0 Å². The largest absolute Gasteiger partial charge is 0.508 e. The van der Waals surface area contributed by atoms with E-state index in [4.69, 9.17) is 4.74 Å². The van der Waals surface area contributed by atoms with Crippen molar-refractivity contribution in [3.05, 3.63) is 23.8 Å². The van der Waals surface area contributed by atoms with Crippen molar-refractivity contribution in [1.29, 1.82) is 0 Å². The second kappa shape index (κ2) is 4.66. The summed E-state index contributed by atoms with van der Waals surface area (Å²) in [6.45, 7) is 2.13. The number of fused-ring (bicyclic) bond motifs is 1. The average molecular weight is 273 g/mol. The molecule has 1 aliphatic carbocycles. The minimum absolute atomic E-state index is 0.0420. The third-order valence-corrected chi connectivity index (χ3v) is 5.64. The van der Waals surface area contributed by atoms with Crippen LogP contribution < -0.4 is 10.1 Å². The van der Waals surface area contributed by atoms with Crippen molar-refractivity contribution >= 4 is 0 Å². The number of rotatable bonds is 1. The van der Waals surface area contributed by atoms with E-state index in [9.17, 15) is 5.11 Å². The standard InChI is InChI=1S/C17H23NO2/c19-14-4-5-16-13(10-14)11-15(12-2-1-3-12)17(20-16)6-8-18-9-7-17/h4-5,10,12,15,18-19H,1-3,6-9,11H2/t15-/m1/s1. The lowest BCUT2D eigenvalue weighted by molar-refractivity contribution is -0.0696. The van der Waals surface area contributed by atoms with E-state index in [0.717, 1.165) is 44.0 Å². The Balaban J connectivity index is 1.71. The quantitative estimate of drug-likeness (QED) is 0.826. The van der Waals surface area contributed by atoms with Crippen LogP contribution in [0.1, 0.15) is 37.7 Å². The molecule has 1 atom stereocenters. The van der Waals surface area contributed by atoms with Crippen LogP contribution in [-0.2, 0) is 6.42 Å². The number of nitrogens with one attached hydrogen (secondary N) is 1. The van der Waals surface area contributed by atoms with Crippen molar-refractivity contribution in [1.82, 2.24) is 5.32 Å². The zero-order valence-corrected chi connectivity index (χ0v) is 11.9. The van der Waals surface area contributed by atoms with Crippen LogP contribution in [0.15, 0.2) is 18.2 Å². The maximum atomic E-state index is 9.72. The molecule has 1 aromatic carbocycles. The highest BCUT2D eigenvalue weighted by atomic mass is 16.5. The van der Waals surface area contributed by atoms with E-state index in [1.54, 1.807) is 6.07 Å². The number of hydrogen-bond donors (Lipinski definition) is 2. The molecule has 1 saturated heterocycles. The molecule has 2 heterocycles. The molecule has 1 saturated carbocycles. The van der Waals surface area contributed by atoms with Gasteiger partial charge in [-0.05, 0) is 62.0 Å². The number of hydrogen-bond acceptors (Lipinski definition) is 3. The first-order valence-corrected chi connectivity index (χ1v) is 7.98. The van der Waals surface area contributed by atoms with Gasteiger partial charge in [-0.1, -0.05) is 19.3 Å². The van der Waals surface area contributed by atoms with Crippen molar-refractivity contribution in [2.24, 2.45) is 11.8 Å². The third kappa shape index (κ3) is 1.91. The number of ether oxygens (including phenoxy) is 1. The Morgan fingerprint density at radius 3 is 2.70 bits per heavy atom. The van der Waals surface area contributed by atoms with Gasteiger partial charge in [0.15, 0.2) is 0 Å². The van der Waals surface area contributed by atoms with E-state index in [2.05, 4.69) is 5.32 Å². The van der Waals surface area contributed by atoms with Gasteiger partial charge < -0.3 is 15.2 Å². The summed E-state index contributed by atoms with van der Waals surface area (Å²) in [5.74, 6) is 2.82. The maximum Gasteiger partial charge on any atom is 0.123 e. The molecule has 4 rings (SSSR count). The fourth-order valence-electron chi connectivity index (χ4n) is 4.30. The monoisotopic (exact) mass is 273 g/mol. The zero-order chi connectivity index (χ0) is 13.6. The fraction of sp³-hybridized carbons (Fsp3) is 0.647. The molecule has 0 amide bonds. The molecule has 20 heavy (non-hydrogen) atoms. The van der Waals surface area contributed by atoms with E-state index in [1.165, 1.54) is 24.8 Å². The summed E-state index contributed by atoms with van der Waals surface area (Å²) >= 11 is 0. The molecular formula is C17H23NO2. The van der Waals surface area contributed by atoms with E-state index >= 15 is 0 Å². The zero-order valence-electron chi connectivity index (χ0n) is 11.9. The number of phenols is 1. The topological polar surface area (TPSA) is 41.5 Å². The summed E-state index contributed by atoms with van der Waals surface area (Å²) < 4.78 is 6.53. The van der Waals surface area contributed by atoms with E-state index < -0.39 is 0 Å². The molecule has 3 nitrogen and oxygen atoms in total. The van der Waals surface area contributed by atoms with Gasteiger partial charge in [-0.15, -0.1) is 0 Å². The van der Waals surface area contributed by atoms with Crippen LogP contribution in [-0.4, -0.2) is 23.8 Å². The highest BCUT2D eigenvalue weighted by Crippen LogP contribution is 2.50. The number of piperidine rings is 1. The van der Waals surface area contributed by atoms with E-state index in [1.807, 2.05) is 12.1 Å². The Hall–Kier alpha value is -1.22. The van der Waals surface area contributed by atoms with Gasteiger partial charge in [0.1, 0.15) is 17.1 Å². The van der Waals surface area contributed by atoms with Crippen molar-refractivity contribution in [3.63, 3.8) is 0 Å². The van der Waals surface area contributed by atoms with Crippen molar-refractivity contribution in [2.75, 3.05) is 13.1 Å². The molecule has 0 unspecified atom stereocenters. The smallest absolute Gasteiger partial charge is 0.123 e. The molecule has 2 fully saturated rings. The van der Waals surface area contributed by atoms with Crippen LogP contribution in [0, 0.1) is 11.8 Å². The predicted molar refractivity (Wildman–Crippen MR) is 78.1 cm³/mol. The van der Waals surface area contributed by atoms with Crippen LogP contribution in [0.4, 0.5) is 0 Å². The van der Waals surface area contributed by atoms with Gasteiger partial charge >= 0.3 is 0 Å². The lowest BCUT2D eigenvalue weighted by Crippen LogP contribution is -2.56. The molecule has 1 spiro atoms. The van der Waals surface area contributed by atoms with Gasteiger partial charge in [0.25, 0.3) is 0 Å². The molecule has 108 valence electrons. The third-order valence-electron chi connectivity index (χ3n) is 5.64. The highest BCUT2D eigenvalue weighted by Gasteiger charge is 2.49. The van der Waals surface area contributed by atoms with Crippen LogP contribution in [0.25, 0.3) is 0 Å². The number of phenolic OH excluding ortho intramolecular Hbond substituents is 1. The van der Waals surface area contributed by atoms with Gasteiger partial charge in [0.05, 0.1) is 0 Å². The molecule has 3 aliphatic rings. The average Bonchev–Trinajstić information content (AvgIpc) is 2.39. The predicted octanol–water partition coefficient (Wildman–Crippen LogP) is 2.87. The first-order chi connectivity index (χ1) is 9.77. The molecule has 2 N–H and O–H groups in total. The number of benzene rings is 1. The second-order valence-electron chi connectivity index (χ2n) is 6.71. The fourth-order valence-corrected chi connectivity index (χ4v) is 4.30. The molecule has 1 aromatic rings. The summed E-state index contributed by atoms with van der Waals surface area (Å²) in [6, 6.07) is 5.59. The van der Waals surface area contributed by atoms with Gasteiger partial charge in [-0.25, -0.2) is 0 Å². The lowest BCUT2D eigenvalue weighted by Gasteiger charge is -2.52. The summed E-state index contributed by atoms with van der Waals surface area (Å²) in [6.07, 6.45) is 7.41. The van der Waals surface area contributed by atoms with Gasteiger partial charge in [0.2, 0.25) is 0 Å². The second-order valence-corrected chi connectivity index (χ2v) is 6.71. The Labute approximate surface area is 120 Å². The van der Waals surface area contributed by atoms with Crippen molar-refractivity contribution in [2.45, 2.75) is 44.1 Å². The van der Waals surface area contributed by atoms with Crippen LogP contribution in [0.5, 0.6) is 11.5 Å². The van der Waals surface area contributed by atoms with Gasteiger partial charge in [0, 0.05) is 5.92 Å². The minimum atomic E-state index is 0.0420. The molecule has 3 heteroatoms. The Kier molecular flexibility index (Phi) is 2.92. The molecule has 0 aromatic heterocycles. The Morgan fingerprint density at radius 2 is 2.00 bits per heavy atom. The first kappa shape index (κ1) is 12.5. The SMILES string of the molecule is Oc1ccc2c(c1)C[C@H](C1CCC1)C1(CCNCC1)O2. The maximum absolute atomic E-state index is 9.72. The summed E-state index contributed by atoms with van der Waals surface area (Å²) in [5, 5.41) is 13.2. The van der Waals surface area contributed by atoms with Gasteiger partial charge in [-0.3, -0.25) is 0 Å². The van der Waals surface area contributed by atoms with Crippen molar-refractivity contribution < 1.29 is 9.84 Å². The Bertz CT molecular complexity index is 504. The molecule has 0 radical (unpaired) electrons. The van der Waals surface area contributed by atoms with E-state index in [-0.39, 0.29) is 5.60 Å². The minimum Gasteiger partial charge on any atom is -0.508 e. The Morgan fingerprint density at radius 1 is 1.20 bits per heavy atom. The van der Waals surface area contributed by atoms with Crippen LogP contribution >= 0.6 is 0 Å². The number of aromatic hydroxyl groups is 1. The van der Waals surface area contributed by atoms with Crippen LogP contribution in [0.2, 0.25) is 0 Å². The molecular weight excluding hydrogens is 250 g/mol. The van der Waals surface area contributed by atoms with Crippen molar-refractivity contribution in [3.8, 4) is 11.5 Å².